The van der Waals surface area contributed by atoms with Gasteiger partial charge < -0.3 is 9.64 Å². The number of pyridine rings is 1. The molecule has 0 amide bonds. The van der Waals surface area contributed by atoms with Crippen LogP contribution in [0.3, 0.4) is 0 Å². The van der Waals surface area contributed by atoms with Crippen LogP contribution in [0, 0.1) is 0 Å². The molecule has 1 aromatic carbocycles. The fraction of sp³-hybridized carbons (Fsp3) is 0.353. The summed E-state index contributed by atoms with van der Waals surface area (Å²) in [4.78, 5) is 9.04. The summed E-state index contributed by atoms with van der Waals surface area (Å²) >= 11 is 3.54. The van der Waals surface area contributed by atoms with Crippen LogP contribution in [-0.2, 0) is 6.54 Å². The molecule has 2 heterocycles. The SMILES string of the molecule is FC(F)Oc1ccc(CN2CCN(c3ncccc3Br)CC2)cc1. The zero-order valence-corrected chi connectivity index (χ0v) is 14.6. The second-order valence-electron chi connectivity index (χ2n) is 5.59. The average Bonchev–Trinajstić information content (AvgIpc) is 2.58. The van der Waals surface area contributed by atoms with Crippen molar-refractivity contribution in [3.8, 4) is 5.75 Å². The summed E-state index contributed by atoms with van der Waals surface area (Å²) in [7, 11) is 0. The Kier molecular flexibility index (Phi) is 5.63. The van der Waals surface area contributed by atoms with Crippen LogP contribution in [0.25, 0.3) is 0 Å². The summed E-state index contributed by atoms with van der Waals surface area (Å²) in [5, 5.41) is 0. The molecule has 0 saturated carbocycles. The van der Waals surface area contributed by atoms with Crippen molar-refractivity contribution in [3.63, 3.8) is 0 Å². The molecule has 0 atom stereocenters. The molecule has 7 heteroatoms. The van der Waals surface area contributed by atoms with Crippen LogP contribution in [0.1, 0.15) is 5.56 Å². The molecule has 1 saturated heterocycles. The second kappa shape index (κ2) is 7.90. The molecule has 1 aliphatic rings. The maximum atomic E-state index is 12.2. The molecular formula is C17H18BrF2N3O. The van der Waals surface area contributed by atoms with Gasteiger partial charge in [0.25, 0.3) is 0 Å². The molecule has 1 fully saturated rings. The number of anilines is 1. The minimum absolute atomic E-state index is 0.193. The van der Waals surface area contributed by atoms with Crippen LogP contribution in [0.15, 0.2) is 47.1 Å². The first-order valence-electron chi connectivity index (χ1n) is 7.73. The van der Waals surface area contributed by atoms with Crippen molar-refractivity contribution in [3.05, 3.63) is 52.6 Å². The van der Waals surface area contributed by atoms with Crippen molar-refractivity contribution in [2.75, 3.05) is 31.1 Å². The number of rotatable bonds is 5. The molecule has 0 N–H and O–H groups in total. The minimum atomic E-state index is -2.78. The maximum Gasteiger partial charge on any atom is 0.387 e. The molecule has 128 valence electrons. The van der Waals surface area contributed by atoms with E-state index in [-0.39, 0.29) is 5.75 Å². The number of benzene rings is 1. The molecule has 4 nitrogen and oxygen atoms in total. The molecule has 1 aromatic heterocycles. The fourth-order valence-corrected chi connectivity index (χ4v) is 3.27. The molecule has 24 heavy (non-hydrogen) atoms. The second-order valence-corrected chi connectivity index (χ2v) is 6.45. The third kappa shape index (κ3) is 4.42. The third-order valence-corrected chi connectivity index (χ3v) is 4.58. The summed E-state index contributed by atoms with van der Waals surface area (Å²) in [6.45, 7) is 1.68. The Bertz CT molecular complexity index is 661. The lowest BCUT2D eigenvalue weighted by Crippen LogP contribution is -2.46. The summed E-state index contributed by atoms with van der Waals surface area (Å²) in [5.74, 6) is 1.17. The van der Waals surface area contributed by atoms with E-state index in [0.29, 0.717) is 0 Å². The number of piperazine rings is 1. The van der Waals surface area contributed by atoms with Crippen LogP contribution >= 0.6 is 15.9 Å². The topological polar surface area (TPSA) is 28.6 Å². The van der Waals surface area contributed by atoms with Crippen LogP contribution in [0.5, 0.6) is 5.75 Å². The van der Waals surface area contributed by atoms with Gasteiger partial charge in [0, 0.05) is 38.9 Å². The lowest BCUT2D eigenvalue weighted by atomic mass is 10.2. The molecule has 3 rings (SSSR count). The van der Waals surface area contributed by atoms with Gasteiger partial charge in [-0.3, -0.25) is 4.90 Å². The van der Waals surface area contributed by atoms with Crippen molar-refractivity contribution in [1.29, 1.82) is 0 Å². The van der Waals surface area contributed by atoms with Crippen molar-refractivity contribution in [2.45, 2.75) is 13.2 Å². The van der Waals surface area contributed by atoms with Crippen molar-refractivity contribution >= 4 is 21.7 Å². The first-order chi connectivity index (χ1) is 11.6. The predicted octanol–water partition coefficient (Wildman–Crippen LogP) is 3.77. The standard InChI is InChI=1S/C17H18BrF2N3O/c18-15-2-1-7-21-16(15)23-10-8-22(9-11-23)12-13-3-5-14(6-4-13)24-17(19)20/h1-7,17H,8-12H2. The molecule has 0 spiro atoms. The summed E-state index contributed by atoms with van der Waals surface area (Å²) in [6.07, 6.45) is 1.80. The highest BCUT2D eigenvalue weighted by atomic mass is 79.9. The van der Waals surface area contributed by atoms with E-state index < -0.39 is 6.61 Å². The normalized spacial score (nSPS) is 15.8. The largest absolute Gasteiger partial charge is 0.435 e. The smallest absolute Gasteiger partial charge is 0.387 e. The number of nitrogens with zero attached hydrogens (tertiary/aromatic N) is 3. The van der Waals surface area contributed by atoms with Gasteiger partial charge in [-0.2, -0.15) is 8.78 Å². The molecular weight excluding hydrogens is 380 g/mol. The Morgan fingerprint density at radius 2 is 1.79 bits per heavy atom. The van der Waals surface area contributed by atoms with Gasteiger partial charge in [0.05, 0.1) is 4.47 Å². The number of alkyl halides is 2. The van der Waals surface area contributed by atoms with Crippen molar-refractivity contribution in [2.24, 2.45) is 0 Å². The quantitative estimate of drug-likeness (QED) is 0.767. The summed E-state index contributed by atoms with van der Waals surface area (Å²) in [6, 6.07) is 10.7. The highest BCUT2D eigenvalue weighted by Gasteiger charge is 2.19. The molecule has 0 unspecified atom stereocenters. The molecule has 0 aliphatic carbocycles. The lowest BCUT2D eigenvalue weighted by Gasteiger charge is -2.35. The van der Waals surface area contributed by atoms with Crippen LogP contribution in [-0.4, -0.2) is 42.7 Å². The number of aromatic nitrogens is 1. The van der Waals surface area contributed by atoms with E-state index in [1.165, 1.54) is 0 Å². The van der Waals surface area contributed by atoms with Crippen LogP contribution in [0.4, 0.5) is 14.6 Å². The van der Waals surface area contributed by atoms with Crippen molar-refractivity contribution < 1.29 is 13.5 Å². The molecule has 0 bridgehead atoms. The van der Waals surface area contributed by atoms with E-state index in [9.17, 15) is 8.78 Å². The minimum Gasteiger partial charge on any atom is -0.435 e. The monoisotopic (exact) mass is 397 g/mol. The van der Waals surface area contributed by atoms with Crippen LogP contribution < -0.4 is 9.64 Å². The van der Waals surface area contributed by atoms with Gasteiger partial charge in [-0.25, -0.2) is 4.98 Å². The number of hydrogen-bond donors (Lipinski definition) is 0. The molecule has 1 aliphatic heterocycles. The van der Waals surface area contributed by atoms with E-state index in [0.717, 1.165) is 48.6 Å². The first-order valence-corrected chi connectivity index (χ1v) is 8.53. The van der Waals surface area contributed by atoms with E-state index in [2.05, 4.69) is 35.5 Å². The van der Waals surface area contributed by atoms with E-state index in [4.69, 9.17) is 0 Å². The van der Waals surface area contributed by atoms with E-state index in [1.54, 1.807) is 18.3 Å². The first kappa shape index (κ1) is 17.1. The highest BCUT2D eigenvalue weighted by molar-refractivity contribution is 9.10. The molecule has 0 radical (unpaired) electrons. The number of halogens is 3. The summed E-state index contributed by atoms with van der Waals surface area (Å²) in [5.41, 5.74) is 1.09. The Hall–Kier alpha value is -1.73. The van der Waals surface area contributed by atoms with Gasteiger partial charge in [-0.1, -0.05) is 12.1 Å². The van der Waals surface area contributed by atoms with Gasteiger partial charge in [-0.15, -0.1) is 0 Å². The van der Waals surface area contributed by atoms with Gasteiger partial charge in [-0.05, 0) is 45.8 Å². The predicted molar refractivity (Wildman–Crippen MR) is 92.5 cm³/mol. The van der Waals surface area contributed by atoms with Crippen LogP contribution in [0.2, 0.25) is 0 Å². The Morgan fingerprint density at radius 1 is 1.08 bits per heavy atom. The summed E-state index contributed by atoms with van der Waals surface area (Å²) < 4.78 is 29.7. The maximum absolute atomic E-state index is 12.2. The highest BCUT2D eigenvalue weighted by Crippen LogP contribution is 2.24. The van der Waals surface area contributed by atoms with E-state index in [1.807, 2.05) is 24.3 Å². The third-order valence-electron chi connectivity index (χ3n) is 3.97. The fourth-order valence-electron chi connectivity index (χ4n) is 2.76. The molecule has 2 aromatic rings. The Morgan fingerprint density at radius 3 is 2.42 bits per heavy atom. The average molecular weight is 398 g/mol. The zero-order valence-electron chi connectivity index (χ0n) is 13.0. The Labute approximate surface area is 148 Å². The van der Waals surface area contributed by atoms with Gasteiger partial charge >= 0.3 is 6.61 Å². The van der Waals surface area contributed by atoms with Gasteiger partial charge in [0.1, 0.15) is 11.6 Å². The van der Waals surface area contributed by atoms with Gasteiger partial charge in [0.15, 0.2) is 0 Å². The van der Waals surface area contributed by atoms with Gasteiger partial charge in [0.2, 0.25) is 0 Å². The lowest BCUT2D eigenvalue weighted by molar-refractivity contribution is -0.0498. The Balaban J connectivity index is 1.53. The number of ether oxygens (including phenoxy) is 1. The van der Waals surface area contributed by atoms with E-state index >= 15 is 0 Å². The number of hydrogen-bond acceptors (Lipinski definition) is 4. The van der Waals surface area contributed by atoms with Crippen molar-refractivity contribution in [1.82, 2.24) is 9.88 Å². The zero-order chi connectivity index (χ0) is 16.9.